The topological polar surface area (TPSA) is 38.7 Å². The van der Waals surface area contributed by atoms with Crippen LogP contribution in [-0.4, -0.2) is 30.2 Å². The van der Waals surface area contributed by atoms with Crippen LogP contribution in [0.4, 0.5) is 0 Å². The number of aliphatic hydroxyl groups is 1. The minimum Gasteiger partial charge on any atom is -0.394 e. The van der Waals surface area contributed by atoms with Crippen LogP contribution in [0.5, 0.6) is 0 Å². The van der Waals surface area contributed by atoms with Crippen LogP contribution in [0.3, 0.4) is 0 Å². The van der Waals surface area contributed by atoms with Gasteiger partial charge >= 0.3 is 0 Å². The maximum absolute atomic E-state index is 8.90. The number of rotatable bonds is 1. The molecule has 2 fully saturated rings. The van der Waals surface area contributed by atoms with Gasteiger partial charge in [-0.05, 0) is 19.3 Å². The van der Waals surface area contributed by atoms with E-state index < -0.39 is 0 Å². The molecule has 0 saturated carbocycles. The van der Waals surface area contributed by atoms with Gasteiger partial charge in [-0.1, -0.05) is 0 Å². The quantitative estimate of drug-likeness (QED) is 0.642. The van der Waals surface area contributed by atoms with Crippen molar-refractivity contribution in [1.29, 1.82) is 0 Å². The van der Waals surface area contributed by atoms with Crippen molar-refractivity contribution in [2.75, 3.05) is 13.2 Å². The van der Waals surface area contributed by atoms with Gasteiger partial charge in [-0.2, -0.15) is 0 Å². The molecule has 2 atom stereocenters. The van der Waals surface area contributed by atoms with Crippen molar-refractivity contribution in [3.05, 3.63) is 0 Å². The Labute approximate surface area is 72.7 Å². The minimum absolute atomic E-state index is 0.0168. The Hall–Kier alpha value is -0.120. The minimum atomic E-state index is -0.314. The second-order valence-electron chi connectivity index (χ2n) is 3.68. The van der Waals surface area contributed by atoms with Gasteiger partial charge in [-0.3, -0.25) is 0 Å². The van der Waals surface area contributed by atoms with Crippen LogP contribution in [0.1, 0.15) is 32.1 Å². The molecule has 0 aromatic carbocycles. The average molecular weight is 172 g/mol. The zero-order chi connectivity index (χ0) is 8.44. The summed E-state index contributed by atoms with van der Waals surface area (Å²) in [5.41, 5.74) is 0. The molecule has 0 aromatic heterocycles. The Bertz CT molecular complexity index is 152. The SMILES string of the molecule is OC[C@H]1CC[C@]2(CCCCO2)O1. The van der Waals surface area contributed by atoms with Gasteiger partial charge in [0.25, 0.3) is 0 Å². The van der Waals surface area contributed by atoms with Crippen molar-refractivity contribution >= 4 is 0 Å². The van der Waals surface area contributed by atoms with E-state index >= 15 is 0 Å². The smallest absolute Gasteiger partial charge is 0.168 e. The largest absolute Gasteiger partial charge is 0.394 e. The molecular formula is C9H16O3. The Kier molecular flexibility index (Phi) is 2.35. The Morgan fingerprint density at radius 3 is 2.83 bits per heavy atom. The fraction of sp³-hybridized carbons (Fsp3) is 1.00. The summed E-state index contributed by atoms with van der Waals surface area (Å²) in [7, 11) is 0. The summed E-state index contributed by atoms with van der Waals surface area (Å²) in [5, 5.41) is 8.90. The zero-order valence-corrected chi connectivity index (χ0v) is 7.29. The van der Waals surface area contributed by atoms with Gasteiger partial charge in [0.15, 0.2) is 5.79 Å². The molecule has 2 aliphatic rings. The maximum atomic E-state index is 8.90. The first-order valence-electron chi connectivity index (χ1n) is 4.77. The van der Waals surface area contributed by atoms with E-state index in [0.717, 1.165) is 32.3 Å². The van der Waals surface area contributed by atoms with E-state index in [2.05, 4.69) is 0 Å². The third kappa shape index (κ3) is 1.49. The first-order valence-corrected chi connectivity index (χ1v) is 4.77. The molecule has 2 aliphatic heterocycles. The summed E-state index contributed by atoms with van der Waals surface area (Å²) >= 11 is 0. The van der Waals surface area contributed by atoms with Gasteiger partial charge in [0.05, 0.1) is 19.3 Å². The summed E-state index contributed by atoms with van der Waals surface area (Å²) in [6.07, 6.45) is 5.26. The third-order valence-electron chi connectivity index (χ3n) is 2.75. The summed E-state index contributed by atoms with van der Waals surface area (Å²) in [6.45, 7) is 0.948. The molecule has 0 aliphatic carbocycles. The average Bonchev–Trinajstić information content (AvgIpc) is 2.50. The van der Waals surface area contributed by atoms with E-state index in [1.807, 2.05) is 0 Å². The number of hydrogen-bond acceptors (Lipinski definition) is 3. The number of hydrogen-bond donors (Lipinski definition) is 1. The fourth-order valence-corrected chi connectivity index (χ4v) is 2.05. The number of aliphatic hydroxyl groups excluding tert-OH is 1. The lowest BCUT2D eigenvalue weighted by Gasteiger charge is -2.33. The van der Waals surface area contributed by atoms with Crippen molar-refractivity contribution in [2.24, 2.45) is 0 Å². The molecule has 1 spiro atoms. The Morgan fingerprint density at radius 1 is 1.33 bits per heavy atom. The molecule has 2 heterocycles. The van der Waals surface area contributed by atoms with Crippen LogP contribution in [0, 0.1) is 0 Å². The standard InChI is InChI=1S/C9H16O3/c10-7-8-3-5-9(12-8)4-1-2-6-11-9/h8,10H,1-7H2/t8-,9+/m1/s1. The van der Waals surface area contributed by atoms with E-state index in [9.17, 15) is 0 Å². The lowest BCUT2D eigenvalue weighted by atomic mass is 10.0. The summed E-state index contributed by atoms with van der Waals surface area (Å²) < 4.78 is 11.3. The maximum Gasteiger partial charge on any atom is 0.168 e. The van der Waals surface area contributed by atoms with Crippen LogP contribution >= 0.6 is 0 Å². The first-order chi connectivity index (χ1) is 5.85. The normalized spacial score (nSPS) is 42.2. The molecule has 3 heteroatoms. The highest BCUT2D eigenvalue weighted by molar-refractivity contribution is 4.83. The predicted octanol–water partition coefficient (Wildman–Crippen LogP) is 1.05. The lowest BCUT2D eigenvalue weighted by Crippen LogP contribution is -2.36. The van der Waals surface area contributed by atoms with Crippen LogP contribution < -0.4 is 0 Å². The van der Waals surface area contributed by atoms with E-state index in [-0.39, 0.29) is 18.5 Å². The second-order valence-corrected chi connectivity index (χ2v) is 3.68. The van der Waals surface area contributed by atoms with Crippen molar-refractivity contribution in [1.82, 2.24) is 0 Å². The van der Waals surface area contributed by atoms with Crippen LogP contribution in [0.2, 0.25) is 0 Å². The Morgan fingerprint density at radius 2 is 2.25 bits per heavy atom. The predicted molar refractivity (Wildman–Crippen MR) is 43.7 cm³/mol. The molecule has 12 heavy (non-hydrogen) atoms. The molecule has 2 rings (SSSR count). The highest BCUT2D eigenvalue weighted by Crippen LogP contribution is 2.38. The molecule has 0 amide bonds. The van der Waals surface area contributed by atoms with Crippen LogP contribution in [0.25, 0.3) is 0 Å². The highest BCUT2D eigenvalue weighted by atomic mass is 16.7. The van der Waals surface area contributed by atoms with Crippen molar-refractivity contribution in [2.45, 2.75) is 44.0 Å². The van der Waals surface area contributed by atoms with E-state index in [1.54, 1.807) is 0 Å². The van der Waals surface area contributed by atoms with E-state index in [4.69, 9.17) is 14.6 Å². The molecule has 2 saturated heterocycles. The van der Waals surface area contributed by atoms with E-state index in [1.165, 1.54) is 6.42 Å². The first kappa shape index (κ1) is 8.48. The van der Waals surface area contributed by atoms with Gasteiger partial charge in [0, 0.05) is 12.8 Å². The number of ether oxygens (including phenoxy) is 2. The van der Waals surface area contributed by atoms with Gasteiger partial charge in [-0.25, -0.2) is 0 Å². The van der Waals surface area contributed by atoms with Crippen LogP contribution in [0.15, 0.2) is 0 Å². The summed E-state index contributed by atoms with van der Waals surface area (Å²) in [6, 6.07) is 0. The van der Waals surface area contributed by atoms with Crippen molar-refractivity contribution < 1.29 is 14.6 Å². The van der Waals surface area contributed by atoms with Crippen molar-refractivity contribution in [3.63, 3.8) is 0 Å². The van der Waals surface area contributed by atoms with Gasteiger partial charge < -0.3 is 14.6 Å². The molecule has 1 N–H and O–H groups in total. The molecule has 70 valence electrons. The highest BCUT2D eigenvalue weighted by Gasteiger charge is 2.41. The zero-order valence-electron chi connectivity index (χ0n) is 7.29. The van der Waals surface area contributed by atoms with Crippen LogP contribution in [-0.2, 0) is 9.47 Å². The molecule has 0 bridgehead atoms. The lowest BCUT2D eigenvalue weighted by molar-refractivity contribution is -0.247. The fourth-order valence-electron chi connectivity index (χ4n) is 2.05. The molecule has 0 aromatic rings. The summed E-state index contributed by atoms with van der Waals surface area (Å²) in [5.74, 6) is -0.314. The Balaban J connectivity index is 1.94. The third-order valence-corrected chi connectivity index (χ3v) is 2.75. The molecule has 0 radical (unpaired) electrons. The van der Waals surface area contributed by atoms with E-state index in [0.29, 0.717) is 0 Å². The van der Waals surface area contributed by atoms with Gasteiger partial charge in [-0.15, -0.1) is 0 Å². The molecular weight excluding hydrogens is 156 g/mol. The molecule has 0 unspecified atom stereocenters. The second kappa shape index (κ2) is 3.32. The monoisotopic (exact) mass is 172 g/mol. The summed E-state index contributed by atoms with van der Waals surface area (Å²) in [4.78, 5) is 0. The van der Waals surface area contributed by atoms with Crippen molar-refractivity contribution in [3.8, 4) is 0 Å². The van der Waals surface area contributed by atoms with Gasteiger partial charge in [0.2, 0.25) is 0 Å². The molecule has 3 nitrogen and oxygen atoms in total. The van der Waals surface area contributed by atoms with Gasteiger partial charge in [0.1, 0.15) is 0 Å².